The van der Waals surface area contributed by atoms with E-state index < -0.39 is 24.2 Å². The Bertz CT molecular complexity index is 153. The maximum absolute atomic E-state index is 12.7. The van der Waals surface area contributed by atoms with Crippen molar-refractivity contribution in [3.8, 4) is 0 Å². The van der Waals surface area contributed by atoms with Crippen LogP contribution in [-0.4, -0.2) is 35.9 Å². The van der Waals surface area contributed by atoms with Gasteiger partial charge in [0.25, 0.3) is 0 Å². The molecule has 0 unspecified atom stereocenters. The van der Waals surface area contributed by atoms with Crippen molar-refractivity contribution in [3.63, 3.8) is 0 Å². The van der Waals surface area contributed by atoms with Crippen LogP contribution in [0.3, 0.4) is 0 Å². The molecule has 0 aromatic carbocycles. The Kier molecular flexibility index (Phi) is 1.87. The molecular weight excluding hydrogens is 139 g/mol. The normalized spacial score (nSPS) is 40.0. The summed E-state index contributed by atoms with van der Waals surface area (Å²) >= 11 is 0. The minimum Gasteiger partial charge on any atom is -0.480 e. The third kappa shape index (κ3) is 1.10. The summed E-state index contributed by atoms with van der Waals surface area (Å²) in [6.45, 7) is 0.234. The highest BCUT2D eigenvalue weighted by Gasteiger charge is 2.38. The van der Waals surface area contributed by atoms with Gasteiger partial charge in [-0.05, 0) is 0 Å². The maximum atomic E-state index is 12.7. The Morgan fingerprint density at radius 3 is 2.60 bits per heavy atom. The fourth-order valence-corrected chi connectivity index (χ4v) is 0.959. The van der Waals surface area contributed by atoms with Gasteiger partial charge in [-0.15, -0.1) is 0 Å². The second-order valence-corrected chi connectivity index (χ2v) is 2.33. The molecule has 0 aromatic heterocycles. The number of nitrogens with one attached hydrogen (secondary N) is 1. The Morgan fingerprint density at radius 2 is 2.40 bits per heavy atom. The Balaban J connectivity index is 2.57. The zero-order valence-corrected chi connectivity index (χ0v) is 5.25. The van der Waals surface area contributed by atoms with Crippen molar-refractivity contribution in [1.82, 2.24) is 5.32 Å². The van der Waals surface area contributed by atoms with Crippen LogP contribution in [0.2, 0.25) is 0 Å². The number of rotatable bonds is 1. The lowest BCUT2D eigenvalue weighted by molar-refractivity contribution is -0.140. The molecule has 0 spiro atoms. The van der Waals surface area contributed by atoms with Crippen molar-refractivity contribution in [3.05, 3.63) is 0 Å². The van der Waals surface area contributed by atoms with Crippen LogP contribution in [0.15, 0.2) is 0 Å². The average molecular weight is 148 g/mol. The third-order valence-electron chi connectivity index (χ3n) is 1.57. The molecule has 1 heterocycles. The van der Waals surface area contributed by atoms with Crippen LogP contribution in [0.25, 0.3) is 0 Å². The number of nitrogens with two attached hydrogens (primary N) is 1. The molecule has 1 aliphatic heterocycles. The van der Waals surface area contributed by atoms with Crippen molar-refractivity contribution in [2.75, 3.05) is 6.54 Å². The molecule has 0 radical (unpaired) electrons. The van der Waals surface area contributed by atoms with Crippen molar-refractivity contribution in [2.45, 2.75) is 18.3 Å². The lowest BCUT2D eigenvalue weighted by Crippen LogP contribution is -2.39. The van der Waals surface area contributed by atoms with Crippen LogP contribution in [0, 0.1) is 0 Å². The smallest absolute Gasteiger partial charge is 0.323 e. The molecule has 0 amide bonds. The van der Waals surface area contributed by atoms with Gasteiger partial charge in [0.1, 0.15) is 12.2 Å². The van der Waals surface area contributed by atoms with Crippen LogP contribution in [0.1, 0.15) is 0 Å². The van der Waals surface area contributed by atoms with E-state index in [4.69, 9.17) is 10.8 Å². The van der Waals surface area contributed by atoms with Gasteiger partial charge in [-0.1, -0.05) is 0 Å². The van der Waals surface area contributed by atoms with Gasteiger partial charge in [-0.25, -0.2) is 4.39 Å². The van der Waals surface area contributed by atoms with Gasteiger partial charge in [0.05, 0.1) is 6.04 Å². The molecule has 0 saturated carbocycles. The Labute approximate surface area is 57.2 Å². The van der Waals surface area contributed by atoms with Gasteiger partial charge in [0.15, 0.2) is 0 Å². The van der Waals surface area contributed by atoms with E-state index in [2.05, 4.69) is 5.32 Å². The van der Waals surface area contributed by atoms with Gasteiger partial charge in [0.2, 0.25) is 0 Å². The zero-order valence-electron chi connectivity index (χ0n) is 5.25. The highest BCUT2D eigenvalue weighted by Crippen LogP contribution is 2.09. The summed E-state index contributed by atoms with van der Waals surface area (Å²) in [5, 5.41) is 10.8. The van der Waals surface area contributed by atoms with Crippen molar-refractivity contribution in [1.29, 1.82) is 0 Å². The minimum absolute atomic E-state index is 0.234. The molecule has 3 atom stereocenters. The summed E-state index contributed by atoms with van der Waals surface area (Å²) in [6.07, 6.45) is -1.46. The molecule has 1 saturated heterocycles. The lowest BCUT2D eigenvalue weighted by Gasteiger charge is -2.07. The lowest BCUT2D eigenvalue weighted by atomic mass is 10.1. The number of halogens is 1. The van der Waals surface area contributed by atoms with Crippen LogP contribution in [0.5, 0.6) is 0 Å². The molecular formula is C5H9FN2O2. The van der Waals surface area contributed by atoms with Gasteiger partial charge in [-0.3, -0.25) is 4.79 Å². The topological polar surface area (TPSA) is 75.3 Å². The summed E-state index contributed by atoms with van der Waals surface area (Å²) in [6, 6.07) is -1.80. The van der Waals surface area contributed by atoms with Gasteiger partial charge in [-0.2, -0.15) is 0 Å². The van der Waals surface area contributed by atoms with Crippen molar-refractivity contribution < 1.29 is 14.3 Å². The molecule has 4 nitrogen and oxygen atoms in total. The first-order valence-corrected chi connectivity index (χ1v) is 2.99. The fourth-order valence-electron chi connectivity index (χ4n) is 0.959. The van der Waals surface area contributed by atoms with Gasteiger partial charge >= 0.3 is 5.97 Å². The van der Waals surface area contributed by atoms with Crippen LogP contribution in [-0.2, 0) is 4.79 Å². The zero-order chi connectivity index (χ0) is 7.72. The van der Waals surface area contributed by atoms with E-state index in [-0.39, 0.29) is 6.54 Å². The number of carbonyl (C=O) groups is 1. The van der Waals surface area contributed by atoms with Crippen molar-refractivity contribution >= 4 is 5.97 Å². The molecule has 5 heteroatoms. The molecule has 1 fully saturated rings. The quantitative estimate of drug-likeness (QED) is 0.432. The van der Waals surface area contributed by atoms with Crippen molar-refractivity contribution in [2.24, 2.45) is 5.73 Å². The second kappa shape index (κ2) is 2.51. The highest BCUT2D eigenvalue weighted by molar-refractivity contribution is 5.75. The Morgan fingerprint density at radius 1 is 1.80 bits per heavy atom. The predicted molar refractivity (Wildman–Crippen MR) is 32.3 cm³/mol. The first-order chi connectivity index (χ1) is 4.63. The van der Waals surface area contributed by atoms with Gasteiger partial charge in [0, 0.05) is 6.54 Å². The second-order valence-electron chi connectivity index (χ2n) is 2.33. The first kappa shape index (κ1) is 7.43. The molecule has 0 bridgehead atoms. The largest absolute Gasteiger partial charge is 0.480 e. The third-order valence-corrected chi connectivity index (χ3v) is 1.57. The monoisotopic (exact) mass is 148 g/mol. The average Bonchev–Trinajstić information content (AvgIpc) is 2.14. The van der Waals surface area contributed by atoms with E-state index in [0.29, 0.717) is 0 Å². The number of hydrogen-bond acceptors (Lipinski definition) is 3. The highest BCUT2D eigenvalue weighted by atomic mass is 19.1. The van der Waals surface area contributed by atoms with Crippen LogP contribution >= 0.6 is 0 Å². The summed E-state index contributed by atoms with van der Waals surface area (Å²) in [5.41, 5.74) is 5.21. The molecule has 0 aromatic rings. The summed E-state index contributed by atoms with van der Waals surface area (Å²) in [5.74, 6) is -1.18. The molecule has 1 aliphatic rings. The Hall–Kier alpha value is -0.680. The first-order valence-electron chi connectivity index (χ1n) is 2.99. The van der Waals surface area contributed by atoms with E-state index in [9.17, 15) is 9.18 Å². The van der Waals surface area contributed by atoms with Gasteiger partial charge < -0.3 is 16.2 Å². The van der Waals surface area contributed by atoms with E-state index >= 15 is 0 Å². The fraction of sp³-hybridized carbons (Fsp3) is 0.800. The number of carboxylic acids is 1. The molecule has 4 N–H and O–H groups in total. The minimum atomic E-state index is -1.46. The van der Waals surface area contributed by atoms with Crippen LogP contribution in [0.4, 0.5) is 4.39 Å². The molecule has 1 rings (SSSR count). The summed E-state index contributed by atoms with van der Waals surface area (Å²) in [4.78, 5) is 10.2. The maximum Gasteiger partial charge on any atom is 0.323 e. The summed E-state index contributed by atoms with van der Waals surface area (Å²) < 4.78 is 12.7. The number of hydrogen-bond donors (Lipinski definition) is 3. The standard InChI is InChI=1S/C5H9FN2O2/c6-3-2(7)1-8-4(3)5(9)10/h2-4,8H,1,7H2,(H,9,10)/t2-,3+,4+/m1/s1. The SMILES string of the molecule is N[C@@H]1CN[C@H](C(=O)O)[C@H]1F. The van der Waals surface area contributed by atoms with E-state index in [1.165, 1.54) is 0 Å². The molecule has 10 heavy (non-hydrogen) atoms. The number of aliphatic carboxylic acids is 1. The number of alkyl halides is 1. The number of carboxylic acid groups (broad SMARTS) is 1. The van der Waals surface area contributed by atoms with E-state index in [1.54, 1.807) is 0 Å². The molecule has 58 valence electrons. The van der Waals surface area contributed by atoms with E-state index in [0.717, 1.165) is 0 Å². The van der Waals surface area contributed by atoms with Crippen LogP contribution < -0.4 is 11.1 Å². The van der Waals surface area contributed by atoms with E-state index in [1.807, 2.05) is 0 Å². The molecule has 0 aliphatic carbocycles. The predicted octanol–water partition coefficient (Wildman–Crippen LogP) is -1.29. The summed E-state index contributed by atoms with van der Waals surface area (Å²) in [7, 11) is 0.